The van der Waals surface area contributed by atoms with Crippen LogP contribution >= 0.6 is 16.1 Å². The molecule has 0 atom stereocenters. The van der Waals surface area contributed by atoms with Crippen molar-refractivity contribution < 1.29 is 18.3 Å². The van der Waals surface area contributed by atoms with Gasteiger partial charge in [-0.25, -0.2) is 16.5 Å². The Morgan fingerprint density at radius 3 is 2.13 bits per heavy atom. The fourth-order valence-corrected chi connectivity index (χ4v) is 1.65. The van der Waals surface area contributed by atoms with Crippen LogP contribution in [0.3, 0.4) is 0 Å². The second kappa shape index (κ2) is 4.19. The van der Waals surface area contributed by atoms with Crippen LogP contribution in [0.25, 0.3) is 0 Å². The monoisotopic (exact) mass is 293 g/mol. The van der Waals surface area contributed by atoms with Crippen molar-refractivity contribution in [2.24, 2.45) is 0 Å². The van der Waals surface area contributed by atoms with Crippen LogP contribution in [0.4, 0.5) is 5.69 Å². The summed E-state index contributed by atoms with van der Waals surface area (Å²) in [6, 6.07) is 5.46. The molecule has 0 unspecified atom stereocenters. The van der Waals surface area contributed by atoms with E-state index in [1.54, 1.807) is 0 Å². The fourth-order valence-electron chi connectivity index (χ4n) is 0.913. The van der Waals surface area contributed by atoms with Gasteiger partial charge in [0.05, 0.1) is 33.7 Å². The maximum atomic E-state index is 11.1. The lowest BCUT2D eigenvalue weighted by Crippen LogP contribution is -2.18. The first-order valence-corrected chi connectivity index (χ1v) is 6.37. The molecule has 0 bridgehead atoms. The first kappa shape index (κ1) is 12.0. The molecule has 0 aliphatic rings. The van der Waals surface area contributed by atoms with E-state index in [0.29, 0.717) is 5.69 Å². The lowest BCUT2D eigenvalue weighted by atomic mass is 10.2. The molecule has 15 heavy (non-hydrogen) atoms. The number of sulfonamides is 1. The molecule has 0 saturated carbocycles. The Balaban J connectivity index is 3.05. The van der Waals surface area contributed by atoms with Gasteiger partial charge in [0, 0.05) is 0 Å². The predicted molar refractivity (Wildman–Crippen MR) is 59.7 cm³/mol. The highest BCUT2D eigenvalue weighted by Crippen LogP contribution is 2.21. The van der Waals surface area contributed by atoms with E-state index < -0.39 is 16.0 Å². The number of aromatic carboxylic acids is 1. The van der Waals surface area contributed by atoms with Crippen LogP contribution in [-0.2, 0) is 10.0 Å². The van der Waals surface area contributed by atoms with E-state index in [1.165, 1.54) is 24.3 Å². The van der Waals surface area contributed by atoms with Gasteiger partial charge >= 0.3 is 5.97 Å². The van der Waals surface area contributed by atoms with Crippen LogP contribution in [-0.4, -0.2) is 25.7 Å². The third-order valence-corrected chi connectivity index (χ3v) is 4.39. The topological polar surface area (TPSA) is 74.7 Å². The first-order valence-electron chi connectivity index (χ1n) is 3.82. The SMILES string of the molecule is CS(=O)(=O)N(Br)c1ccc(C(=O)O)cc1. The Hall–Kier alpha value is -1.08. The molecule has 0 spiro atoms. The summed E-state index contributed by atoms with van der Waals surface area (Å²) in [5.41, 5.74) is 0.454. The van der Waals surface area contributed by atoms with E-state index in [4.69, 9.17) is 5.11 Å². The van der Waals surface area contributed by atoms with Gasteiger partial charge in [0.1, 0.15) is 0 Å². The standard InChI is InChI=1S/C8H8BrNO4S/c1-15(13,14)10(9)7-4-2-6(3-5-7)8(11)12/h2-5H,1H3,(H,11,12). The van der Waals surface area contributed by atoms with Crippen molar-refractivity contribution in [3.8, 4) is 0 Å². The number of benzene rings is 1. The molecule has 1 aromatic carbocycles. The minimum Gasteiger partial charge on any atom is -0.478 e. The van der Waals surface area contributed by atoms with Gasteiger partial charge in [-0.3, -0.25) is 0 Å². The highest BCUT2D eigenvalue weighted by atomic mass is 79.9. The summed E-state index contributed by atoms with van der Waals surface area (Å²) in [4.78, 5) is 10.5. The smallest absolute Gasteiger partial charge is 0.335 e. The molecule has 7 heteroatoms. The molecular formula is C8H8BrNO4S. The Bertz CT molecular complexity index is 468. The van der Waals surface area contributed by atoms with E-state index in [9.17, 15) is 13.2 Å². The van der Waals surface area contributed by atoms with E-state index in [1.807, 2.05) is 0 Å². The Morgan fingerprint density at radius 2 is 1.80 bits per heavy atom. The molecule has 1 aromatic rings. The highest BCUT2D eigenvalue weighted by molar-refractivity contribution is 9.11. The van der Waals surface area contributed by atoms with Gasteiger partial charge in [-0.15, -0.1) is 0 Å². The fraction of sp³-hybridized carbons (Fsp3) is 0.125. The third-order valence-electron chi connectivity index (χ3n) is 1.61. The summed E-state index contributed by atoms with van der Waals surface area (Å²) in [7, 11) is -3.39. The number of nitrogens with zero attached hydrogens (tertiary/aromatic N) is 1. The minimum absolute atomic E-state index is 0.105. The van der Waals surface area contributed by atoms with Crippen LogP contribution in [0.15, 0.2) is 24.3 Å². The molecule has 0 fully saturated rings. The maximum Gasteiger partial charge on any atom is 0.335 e. The molecule has 0 saturated heterocycles. The van der Waals surface area contributed by atoms with Crippen molar-refractivity contribution in [1.29, 1.82) is 0 Å². The molecule has 0 aromatic heterocycles. The lowest BCUT2D eigenvalue weighted by molar-refractivity contribution is 0.0697. The number of carboxylic acid groups (broad SMARTS) is 1. The van der Waals surface area contributed by atoms with Crippen molar-refractivity contribution in [2.45, 2.75) is 0 Å². The van der Waals surface area contributed by atoms with Gasteiger partial charge in [0.25, 0.3) is 0 Å². The number of anilines is 1. The van der Waals surface area contributed by atoms with Gasteiger partial charge in [-0.2, -0.15) is 0 Å². The average Bonchev–Trinajstić information content (AvgIpc) is 2.15. The maximum absolute atomic E-state index is 11.1. The van der Waals surface area contributed by atoms with Gasteiger partial charge in [0.15, 0.2) is 0 Å². The number of hydrogen-bond acceptors (Lipinski definition) is 3. The van der Waals surface area contributed by atoms with Crippen LogP contribution in [0, 0.1) is 0 Å². The van der Waals surface area contributed by atoms with Crippen LogP contribution in [0.2, 0.25) is 0 Å². The molecule has 1 rings (SSSR count). The number of carboxylic acids is 1. The second-order valence-electron chi connectivity index (χ2n) is 2.83. The summed E-state index contributed by atoms with van der Waals surface area (Å²) in [5.74, 6) is -1.05. The van der Waals surface area contributed by atoms with Gasteiger partial charge in [-0.05, 0) is 24.3 Å². The number of carbonyl (C=O) groups is 1. The van der Waals surface area contributed by atoms with Gasteiger partial charge in [0.2, 0.25) is 10.0 Å². The molecule has 1 N–H and O–H groups in total. The van der Waals surface area contributed by atoms with Gasteiger partial charge in [-0.1, -0.05) is 0 Å². The molecule has 0 amide bonds. The zero-order chi connectivity index (χ0) is 11.6. The summed E-state index contributed by atoms with van der Waals surface area (Å²) >= 11 is 2.87. The lowest BCUT2D eigenvalue weighted by Gasteiger charge is -2.13. The summed E-state index contributed by atoms with van der Waals surface area (Å²) in [6.07, 6.45) is 1.03. The van der Waals surface area contributed by atoms with E-state index in [0.717, 1.165) is 9.59 Å². The molecule has 5 nitrogen and oxygen atoms in total. The summed E-state index contributed by atoms with van der Waals surface area (Å²) in [6.45, 7) is 0. The second-order valence-corrected chi connectivity index (χ2v) is 5.84. The van der Waals surface area contributed by atoms with E-state index in [2.05, 4.69) is 16.1 Å². The van der Waals surface area contributed by atoms with Crippen LogP contribution in [0.5, 0.6) is 0 Å². The Labute approximate surface area is 95.7 Å². The van der Waals surface area contributed by atoms with Crippen LogP contribution in [0.1, 0.15) is 10.4 Å². The molecular weight excluding hydrogens is 286 g/mol. The zero-order valence-corrected chi connectivity index (χ0v) is 10.1. The zero-order valence-electron chi connectivity index (χ0n) is 7.71. The first-order chi connectivity index (χ1) is 6.82. The molecule has 0 aliphatic heterocycles. The van der Waals surface area contributed by atoms with Crippen molar-refractivity contribution in [1.82, 2.24) is 0 Å². The minimum atomic E-state index is -3.39. The molecule has 0 radical (unpaired) electrons. The highest BCUT2D eigenvalue weighted by Gasteiger charge is 2.14. The summed E-state index contributed by atoms with van der Waals surface area (Å²) < 4.78 is 23.1. The van der Waals surface area contributed by atoms with Crippen LogP contribution < -0.4 is 3.33 Å². The Kier molecular flexibility index (Phi) is 3.35. The van der Waals surface area contributed by atoms with Crippen molar-refractivity contribution >= 4 is 37.8 Å². The molecule has 0 heterocycles. The largest absolute Gasteiger partial charge is 0.478 e. The number of hydrogen-bond donors (Lipinski definition) is 1. The number of rotatable bonds is 3. The normalized spacial score (nSPS) is 11.1. The Morgan fingerprint density at radius 1 is 1.33 bits per heavy atom. The van der Waals surface area contributed by atoms with Crippen molar-refractivity contribution in [2.75, 3.05) is 9.59 Å². The van der Waals surface area contributed by atoms with Gasteiger partial charge < -0.3 is 5.11 Å². The van der Waals surface area contributed by atoms with E-state index >= 15 is 0 Å². The third kappa shape index (κ3) is 2.93. The van der Waals surface area contributed by atoms with E-state index in [-0.39, 0.29) is 5.56 Å². The number of halogens is 1. The predicted octanol–water partition coefficient (Wildman–Crippen LogP) is 1.46. The molecule has 82 valence electrons. The summed E-state index contributed by atoms with van der Waals surface area (Å²) in [5, 5.41) is 8.63. The quantitative estimate of drug-likeness (QED) is 0.856. The average molecular weight is 294 g/mol. The van der Waals surface area contributed by atoms with Crippen molar-refractivity contribution in [3.05, 3.63) is 29.8 Å². The molecule has 0 aliphatic carbocycles. The van der Waals surface area contributed by atoms with Crippen molar-refractivity contribution in [3.63, 3.8) is 0 Å².